The average molecular weight is 317 g/mol. The molecular formula is C16H17ClN4O. The molecule has 22 heavy (non-hydrogen) atoms. The monoisotopic (exact) mass is 316 g/mol. The third-order valence-electron chi connectivity index (χ3n) is 4.03. The van der Waals surface area contributed by atoms with Crippen molar-refractivity contribution in [2.45, 2.75) is 18.8 Å². The van der Waals surface area contributed by atoms with Crippen LogP contribution in [0.3, 0.4) is 0 Å². The quantitative estimate of drug-likeness (QED) is 0.944. The number of piperidine rings is 1. The summed E-state index contributed by atoms with van der Waals surface area (Å²) in [5.74, 6) is 0.692. The number of benzene rings is 1. The molecule has 0 radical (unpaired) electrons. The van der Waals surface area contributed by atoms with Crippen LogP contribution < -0.4 is 10.6 Å². The summed E-state index contributed by atoms with van der Waals surface area (Å²) in [5, 5.41) is 0.764. The smallest absolute Gasteiger partial charge is 0.268 e. The first kappa shape index (κ1) is 14.8. The second kappa shape index (κ2) is 6.32. The number of nitrogens with zero attached hydrogens (tertiary/aromatic N) is 3. The number of rotatable bonds is 3. The second-order valence-electron chi connectivity index (χ2n) is 5.44. The van der Waals surface area contributed by atoms with Crippen molar-refractivity contribution in [2.24, 2.45) is 5.73 Å². The predicted molar refractivity (Wildman–Crippen MR) is 86.2 cm³/mol. The normalized spacial score (nSPS) is 15.8. The highest BCUT2D eigenvalue weighted by Gasteiger charge is 2.22. The fourth-order valence-electron chi connectivity index (χ4n) is 2.80. The molecule has 5 nitrogen and oxygen atoms in total. The van der Waals surface area contributed by atoms with Gasteiger partial charge in [-0.2, -0.15) is 0 Å². The first-order valence-electron chi connectivity index (χ1n) is 7.26. The highest BCUT2D eigenvalue weighted by Crippen LogP contribution is 2.30. The summed E-state index contributed by atoms with van der Waals surface area (Å²) in [6, 6.07) is 8.06. The van der Waals surface area contributed by atoms with Crippen LogP contribution in [0.4, 0.5) is 5.82 Å². The minimum absolute atomic E-state index is 0.206. The Morgan fingerprint density at radius 2 is 1.86 bits per heavy atom. The van der Waals surface area contributed by atoms with Crippen LogP contribution in [-0.2, 0) is 0 Å². The summed E-state index contributed by atoms with van der Waals surface area (Å²) >= 11 is 5.93. The van der Waals surface area contributed by atoms with Gasteiger partial charge in [0.25, 0.3) is 5.91 Å². The molecule has 0 unspecified atom stereocenters. The summed E-state index contributed by atoms with van der Waals surface area (Å²) in [6.07, 6.45) is 5.13. The van der Waals surface area contributed by atoms with Crippen LogP contribution in [0, 0.1) is 0 Å². The van der Waals surface area contributed by atoms with E-state index in [4.69, 9.17) is 17.3 Å². The van der Waals surface area contributed by atoms with E-state index in [0.29, 0.717) is 11.7 Å². The number of primary amides is 1. The van der Waals surface area contributed by atoms with Gasteiger partial charge in [0.1, 0.15) is 11.5 Å². The van der Waals surface area contributed by atoms with Gasteiger partial charge in [0.2, 0.25) is 0 Å². The van der Waals surface area contributed by atoms with Gasteiger partial charge in [-0.3, -0.25) is 9.78 Å². The van der Waals surface area contributed by atoms with Crippen molar-refractivity contribution in [3.63, 3.8) is 0 Å². The molecule has 0 atom stereocenters. The number of nitrogens with two attached hydrogens (primary N) is 1. The van der Waals surface area contributed by atoms with Gasteiger partial charge in [-0.05, 0) is 36.5 Å². The van der Waals surface area contributed by atoms with E-state index in [1.54, 1.807) is 6.20 Å². The first-order chi connectivity index (χ1) is 10.6. The predicted octanol–water partition coefficient (Wildman–Crippen LogP) is 2.61. The molecule has 1 aromatic heterocycles. The fourth-order valence-corrected chi connectivity index (χ4v) is 2.93. The third-order valence-corrected chi connectivity index (χ3v) is 4.29. The molecule has 3 rings (SSSR count). The fraction of sp³-hybridized carbons (Fsp3) is 0.312. The van der Waals surface area contributed by atoms with Crippen molar-refractivity contribution in [3.8, 4) is 0 Å². The maximum absolute atomic E-state index is 11.2. The second-order valence-corrected chi connectivity index (χ2v) is 5.88. The van der Waals surface area contributed by atoms with Crippen LogP contribution in [0.1, 0.15) is 34.8 Å². The SMILES string of the molecule is NC(=O)c1cncc(N2CCC(c3ccc(Cl)cc3)CC2)n1. The van der Waals surface area contributed by atoms with Crippen molar-refractivity contribution in [1.82, 2.24) is 9.97 Å². The van der Waals surface area contributed by atoms with Crippen molar-refractivity contribution in [2.75, 3.05) is 18.0 Å². The molecule has 1 fully saturated rings. The number of hydrogen-bond acceptors (Lipinski definition) is 4. The van der Waals surface area contributed by atoms with Gasteiger partial charge >= 0.3 is 0 Å². The summed E-state index contributed by atoms with van der Waals surface area (Å²) in [7, 11) is 0. The van der Waals surface area contributed by atoms with E-state index in [1.807, 2.05) is 12.1 Å². The zero-order valence-corrected chi connectivity index (χ0v) is 12.8. The molecule has 6 heteroatoms. The van der Waals surface area contributed by atoms with E-state index in [0.717, 1.165) is 31.0 Å². The largest absolute Gasteiger partial charge is 0.364 e. The van der Waals surface area contributed by atoms with E-state index < -0.39 is 5.91 Å². The summed E-state index contributed by atoms with van der Waals surface area (Å²) in [6.45, 7) is 1.76. The molecule has 0 bridgehead atoms. The van der Waals surface area contributed by atoms with E-state index in [9.17, 15) is 4.79 Å². The van der Waals surface area contributed by atoms with Gasteiger partial charge in [0.15, 0.2) is 0 Å². The molecule has 2 heterocycles. The molecule has 1 aliphatic heterocycles. The van der Waals surface area contributed by atoms with Gasteiger partial charge in [0.05, 0.1) is 12.4 Å². The van der Waals surface area contributed by atoms with Gasteiger partial charge in [0, 0.05) is 18.1 Å². The Morgan fingerprint density at radius 1 is 1.18 bits per heavy atom. The van der Waals surface area contributed by atoms with Crippen LogP contribution in [0.25, 0.3) is 0 Å². The lowest BCUT2D eigenvalue weighted by Gasteiger charge is -2.32. The molecule has 0 spiro atoms. The van der Waals surface area contributed by atoms with Crippen molar-refractivity contribution in [3.05, 3.63) is 52.9 Å². The molecule has 1 aliphatic rings. The van der Waals surface area contributed by atoms with Crippen molar-refractivity contribution in [1.29, 1.82) is 0 Å². The number of halogens is 1. The molecule has 0 aliphatic carbocycles. The lowest BCUT2D eigenvalue weighted by Crippen LogP contribution is -2.34. The first-order valence-corrected chi connectivity index (χ1v) is 7.63. The number of aromatic nitrogens is 2. The van der Waals surface area contributed by atoms with Gasteiger partial charge in [-0.15, -0.1) is 0 Å². The Kier molecular flexibility index (Phi) is 4.24. The van der Waals surface area contributed by atoms with Gasteiger partial charge in [-0.25, -0.2) is 4.98 Å². The Balaban J connectivity index is 1.67. The molecule has 0 saturated carbocycles. The molecule has 1 saturated heterocycles. The summed E-state index contributed by atoms with van der Waals surface area (Å²) in [4.78, 5) is 21.7. The standard InChI is InChI=1S/C16H17ClN4O/c17-13-3-1-11(2-4-13)12-5-7-21(8-6-12)15-10-19-9-14(20-15)16(18)22/h1-4,9-10,12H,5-8H2,(H2,18,22). The lowest BCUT2D eigenvalue weighted by atomic mass is 9.89. The minimum Gasteiger partial charge on any atom is -0.364 e. The van der Waals surface area contributed by atoms with Crippen LogP contribution in [-0.4, -0.2) is 29.0 Å². The Hall–Kier alpha value is -2.14. The topological polar surface area (TPSA) is 72.1 Å². The van der Waals surface area contributed by atoms with Crippen molar-refractivity contribution < 1.29 is 4.79 Å². The molecule has 114 valence electrons. The van der Waals surface area contributed by atoms with E-state index in [-0.39, 0.29) is 5.69 Å². The van der Waals surface area contributed by atoms with Gasteiger partial charge in [-0.1, -0.05) is 23.7 Å². The van der Waals surface area contributed by atoms with Crippen molar-refractivity contribution >= 4 is 23.3 Å². The minimum atomic E-state index is -0.551. The maximum atomic E-state index is 11.2. The molecule has 2 N–H and O–H groups in total. The summed E-state index contributed by atoms with van der Waals surface area (Å²) < 4.78 is 0. The molecule has 2 aromatic rings. The number of hydrogen-bond donors (Lipinski definition) is 1. The average Bonchev–Trinajstić information content (AvgIpc) is 2.56. The number of amides is 1. The van der Waals surface area contributed by atoms with Crippen LogP contribution >= 0.6 is 11.6 Å². The van der Waals surface area contributed by atoms with Crippen LogP contribution in [0.2, 0.25) is 5.02 Å². The highest BCUT2D eigenvalue weighted by atomic mass is 35.5. The third kappa shape index (κ3) is 3.20. The maximum Gasteiger partial charge on any atom is 0.268 e. The number of anilines is 1. The summed E-state index contributed by atoms with van der Waals surface area (Å²) in [5.41, 5.74) is 6.78. The highest BCUT2D eigenvalue weighted by molar-refractivity contribution is 6.30. The number of carbonyl (C=O) groups is 1. The zero-order valence-electron chi connectivity index (χ0n) is 12.1. The van der Waals surface area contributed by atoms with E-state index >= 15 is 0 Å². The zero-order chi connectivity index (χ0) is 15.5. The Labute approximate surface area is 134 Å². The Bertz CT molecular complexity index is 666. The van der Waals surface area contributed by atoms with E-state index in [1.165, 1.54) is 11.8 Å². The lowest BCUT2D eigenvalue weighted by molar-refractivity contribution is 0.0995. The molecular weight excluding hydrogens is 300 g/mol. The molecule has 1 aromatic carbocycles. The van der Waals surface area contributed by atoms with Crippen LogP contribution in [0.15, 0.2) is 36.7 Å². The Morgan fingerprint density at radius 3 is 2.50 bits per heavy atom. The van der Waals surface area contributed by atoms with Crippen LogP contribution in [0.5, 0.6) is 0 Å². The van der Waals surface area contributed by atoms with E-state index in [2.05, 4.69) is 27.0 Å². The number of carbonyl (C=O) groups excluding carboxylic acids is 1. The molecule has 1 amide bonds. The van der Waals surface area contributed by atoms with Gasteiger partial charge < -0.3 is 10.6 Å².